The van der Waals surface area contributed by atoms with Crippen LogP contribution in [0, 0.1) is 0 Å². The van der Waals surface area contributed by atoms with E-state index < -0.39 is 25.5 Å². The van der Waals surface area contributed by atoms with Gasteiger partial charge in [-0.15, -0.1) is 0 Å². The Hall–Kier alpha value is -1.47. The van der Waals surface area contributed by atoms with Crippen LogP contribution in [0.5, 0.6) is 0 Å². The maximum Gasteiger partial charge on any atom is 0.255 e. The smallest absolute Gasteiger partial charge is 0.255 e. The summed E-state index contributed by atoms with van der Waals surface area (Å²) in [6.45, 7) is -1.31. The quantitative estimate of drug-likeness (QED) is 0.834. The van der Waals surface area contributed by atoms with Crippen LogP contribution in [0.2, 0.25) is 5.02 Å². The zero-order chi connectivity index (χ0) is 14.4. The monoisotopic (exact) mass is 293 g/mol. The van der Waals surface area contributed by atoms with Gasteiger partial charge in [0, 0.05) is 19.8 Å². The summed E-state index contributed by atoms with van der Waals surface area (Å²) in [5, 5.41) is 11.7. The summed E-state index contributed by atoms with van der Waals surface area (Å²) in [6.07, 6.45) is -1.42. The average Bonchev–Trinajstić information content (AvgIpc) is 2.36. The van der Waals surface area contributed by atoms with Gasteiger partial charge in [-0.1, -0.05) is 11.6 Å². The van der Waals surface area contributed by atoms with Crippen LogP contribution in [0.4, 0.5) is 14.6 Å². The van der Waals surface area contributed by atoms with Crippen molar-refractivity contribution in [2.24, 2.45) is 0 Å². The molecule has 1 rings (SSSR count). The second kappa shape index (κ2) is 7.20. The van der Waals surface area contributed by atoms with Crippen molar-refractivity contribution in [1.29, 1.82) is 0 Å². The molecule has 0 aliphatic carbocycles. The summed E-state index contributed by atoms with van der Waals surface area (Å²) in [6, 6.07) is 1.35. The molecule has 0 fully saturated rings. The second-order valence-corrected chi connectivity index (χ2v) is 4.08. The van der Waals surface area contributed by atoms with Gasteiger partial charge in [0.25, 0.3) is 12.3 Å². The highest BCUT2D eigenvalue weighted by Gasteiger charge is 2.20. The van der Waals surface area contributed by atoms with Crippen LogP contribution in [-0.2, 0) is 0 Å². The number of halogens is 3. The zero-order valence-corrected chi connectivity index (χ0v) is 11.0. The minimum atomic E-state index is -2.67. The Labute approximate surface area is 114 Å². The predicted molar refractivity (Wildman–Crippen MR) is 67.8 cm³/mol. The summed E-state index contributed by atoms with van der Waals surface area (Å²) < 4.78 is 24.7. The summed E-state index contributed by atoms with van der Waals surface area (Å²) in [4.78, 5) is 16.7. The molecule has 1 heterocycles. The number of nitrogens with zero attached hydrogens (tertiary/aromatic N) is 2. The van der Waals surface area contributed by atoms with Crippen LogP contribution in [0.3, 0.4) is 0 Å². The number of pyridine rings is 1. The lowest BCUT2D eigenvalue weighted by Gasteiger charge is -2.21. The van der Waals surface area contributed by atoms with Crippen LogP contribution in [-0.4, -0.2) is 54.1 Å². The Bertz CT molecular complexity index is 446. The lowest BCUT2D eigenvalue weighted by Crippen LogP contribution is -2.37. The third-order valence-corrected chi connectivity index (χ3v) is 2.63. The summed E-state index contributed by atoms with van der Waals surface area (Å²) in [5.41, 5.74) is 0.0955. The largest absolute Gasteiger partial charge is 0.395 e. The van der Waals surface area contributed by atoms with E-state index in [0.29, 0.717) is 5.82 Å². The van der Waals surface area contributed by atoms with E-state index >= 15 is 0 Å². The lowest BCUT2D eigenvalue weighted by atomic mass is 10.2. The molecule has 0 aliphatic rings. The van der Waals surface area contributed by atoms with Crippen LogP contribution in [0.1, 0.15) is 10.4 Å². The summed E-state index contributed by atoms with van der Waals surface area (Å²) in [7, 11) is 1.62. The van der Waals surface area contributed by atoms with E-state index in [1.165, 1.54) is 12.3 Å². The van der Waals surface area contributed by atoms with Crippen LogP contribution in [0.25, 0.3) is 0 Å². The van der Waals surface area contributed by atoms with Crippen molar-refractivity contribution < 1.29 is 18.7 Å². The molecule has 0 unspecified atom stereocenters. The van der Waals surface area contributed by atoms with Crippen molar-refractivity contribution in [2.45, 2.75) is 6.43 Å². The van der Waals surface area contributed by atoms with E-state index in [1.807, 2.05) is 0 Å². The number of rotatable bonds is 6. The molecule has 19 heavy (non-hydrogen) atoms. The maximum atomic E-state index is 12.4. The van der Waals surface area contributed by atoms with Gasteiger partial charge in [-0.05, 0) is 6.07 Å². The van der Waals surface area contributed by atoms with Crippen molar-refractivity contribution >= 4 is 23.3 Å². The molecule has 0 aromatic carbocycles. The molecule has 0 spiro atoms. The van der Waals surface area contributed by atoms with Crippen LogP contribution >= 0.6 is 11.6 Å². The normalized spacial score (nSPS) is 10.6. The third kappa shape index (κ3) is 4.29. The Morgan fingerprint density at radius 2 is 2.32 bits per heavy atom. The first kappa shape index (κ1) is 15.6. The number of anilines is 1. The number of carbonyl (C=O) groups is 1. The molecule has 1 aromatic heterocycles. The first-order valence-electron chi connectivity index (χ1n) is 5.51. The fourth-order valence-corrected chi connectivity index (χ4v) is 1.75. The lowest BCUT2D eigenvalue weighted by molar-refractivity contribution is 0.0509. The van der Waals surface area contributed by atoms with Crippen molar-refractivity contribution in [1.82, 2.24) is 9.88 Å². The third-order valence-electron chi connectivity index (χ3n) is 2.34. The number of aliphatic hydroxyl groups excluding tert-OH is 1. The van der Waals surface area contributed by atoms with Crippen molar-refractivity contribution in [2.75, 3.05) is 32.1 Å². The topological polar surface area (TPSA) is 65.5 Å². The number of aliphatic hydroxyl groups is 1. The molecule has 5 nitrogen and oxygen atoms in total. The van der Waals surface area contributed by atoms with Gasteiger partial charge in [-0.25, -0.2) is 13.8 Å². The van der Waals surface area contributed by atoms with Crippen molar-refractivity contribution in [3.05, 3.63) is 22.8 Å². The molecule has 1 amide bonds. The first-order valence-corrected chi connectivity index (χ1v) is 5.89. The van der Waals surface area contributed by atoms with E-state index in [4.69, 9.17) is 16.7 Å². The highest BCUT2D eigenvalue weighted by molar-refractivity contribution is 6.33. The number of aromatic nitrogens is 1. The summed E-state index contributed by atoms with van der Waals surface area (Å²) >= 11 is 5.87. The van der Waals surface area contributed by atoms with E-state index in [-0.39, 0.29) is 17.1 Å². The maximum absolute atomic E-state index is 12.4. The predicted octanol–water partition coefficient (Wildman–Crippen LogP) is 1.48. The fraction of sp³-hybridized carbons (Fsp3) is 0.455. The van der Waals surface area contributed by atoms with Crippen molar-refractivity contribution in [3.63, 3.8) is 0 Å². The van der Waals surface area contributed by atoms with Crippen LogP contribution < -0.4 is 5.32 Å². The molecule has 2 N–H and O–H groups in total. The fourth-order valence-electron chi connectivity index (χ4n) is 1.48. The van der Waals surface area contributed by atoms with Gasteiger partial charge in [0.05, 0.1) is 23.7 Å². The minimum Gasteiger partial charge on any atom is -0.395 e. The van der Waals surface area contributed by atoms with E-state index in [9.17, 15) is 13.6 Å². The zero-order valence-electron chi connectivity index (χ0n) is 10.2. The molecule has 1 aromatic rings. The van der Waals surface area contributed by atoms with Gasteiger partial charge in [-0.2, -0.15) is 0 Å². The first-order chi connectivity index (χ1) is 8.99. The molecule has 0 radical (unpaired) electrons. The molecule has 8 heteroatoms. The van der Waals surface area contributed by atoms with Gasteiger partial charge in [0.15, 0.2) is 0 Å². The molecule has 0 saturated carbocycles. The standard InChI is InChI=1S/C11H14ClF2N3O2/c1-15-10-8(12)4-7(5-16-10)11(19)17(2-3-18)6-9(13)14/h4-5,9,18H,2-3,6H2,1H3,(H,15,16). The number of nitrogens with one attached hydrogen (secondary N) is 1. The number of alkyl halides is 2. The Morgan fingerprint density at radius 1 is 1.63 bits per heavy atom. The highest BCUT2D eigenvalue weighted by Crippen LogP contribution is 2.20. The van der Waals surface area contributed by atoms with E-state index in [1.54, 1.807) is 7.05 Å². The Morgan fingerprint density at radius 3 is 2.79 bits per heavy atom. The number of carbonyl (C=O) groups excluding carboxylic acids is 1. The molecule has 0 aliphatic heterocycles. The molecule has 0 saturated heterocycles. The van der Waals surface area contributed by atoms with Gasteiger partial charge in [0.1, 0.15) is 5.82 Å². The van der Waals surface area contributed by atoms with E-state index in [0.717, 1.165) is 4.90 Å². The molecule has 0 bridgehead atoms. The number of amides is 1. The SMILES string of the molecule is CNc1ncc(C(=O)N(CCO)CC(F)F)cc1Cl. The van der Waals surface area contributed by atoms with Gasteiger partial charge < -0.3 is 15.3 Å². The van der Waals surface area contributed by atoms with Gasteiger partial charge in [0.2, 0.25) is 0 Å². The highest BCUT2D eigenvalue weighted by atomic mass is 35.5. The van der Waals surface area contributed by atoms with Gasteiger partial charge in [-0.3, -0.25) is 4.79 Å². The second-order valence-electron chi connectivity index (χ2n) is 3.67. The Kier molecular flexibility index (Phi) is 5.91. The number of hydrogen-bond donors (Lipinski definition) is 2. The Balaban J connectivity index is 2.92. The summed E-state index contributed by atoms with van der Waals surface area (Å²) in [5.74, 6) is -0.257. The van der Waals surface area contributed by atoms with E-state index in [2.05, 4.69) is 10.3 Å². The molecular weight excluding hydrogens is 280 g/mol. The van der Waals surface area contributed by atoms with Crippen LogP contribution in [0.15, 0.2) is 12.3 Å². The molecule has 0 atom stereocenters. The average molecular weight is 294 g/mol. The van der Waals surface area contributed by atoms with Crippen molar-refractivity contribution in [3.8, 4) is 0 Å². The molecule has 106 valence electrons. The van der Waals surface area contributed by atoms with Gasteiger partial charge >= 0.3 is 0 Å². The minimum absolute atomic E-state index is 0.0955. The number of hydrogen-bond acceptors (Lipinski definition) is 4. The molecular formula is C11H14ClF2N3O2.